The van der Waals surface area contributed by atoms with Crippen LogP contribution in [0.1, 0.15) is 37.3 Å². The summed E-state index contributed by atoms with van der Waals surface area (Å²) in [6.45, 7) is 5.04. The van der Waals surface area contributed by atoms with Crippen molar-refractivity contribution < 1.29 is 4.79 Å². The highest BCUT2D eigenvalue weighted by Crippen LogP contribution is 2.16. The van der Waals surface area contributed by atoms with E-state index in [4.69, 9.17) is 0 Å². The van der Waals surface area contributed by atoms with Gasteiger partial charge in [0.15, 0.2) is 0 Å². The van der Waals surface area contributed by atoms with Gasteiger partial charge < -0.3 is 10.2 Å². The van der Waals surface area contributed by atoms with Gasteiger partial charge in [0.05, 0.1) is 0 Å². The Bertz CT molecular complexity index is 468. The Hall–Kier alpha value is -1.77. The topological polar surface area (TPSA) is 32.3 Å². The minimum atomic E-state index is 0.0103. The van der Waals surface area contributed by atoms with E-state index in [1.807, 2.05) is 23.1 Å². The van der Waals surface area contributed by atoms with Crippen LogP contribution in [0, 0.1) is 6.92 Å². The van der Waals surface area contributed by atoms with Crippen LogP contribution in [0.4, 0.5) is 4.79 Å². The fraction of sp³-hybridized carbons (Fsp3) is 0.438. The van der Waals surface area contributed by atoms with E-state index in [2.05, 4.69) is 31.3 Å². The molecule has 1 saturated heterocycles. The second-order valence-electron chi connectivity index (χ2n) is 5.24. The molecule has 0 bridgehead atoms. The van der Waals surface area contributed by atoms with Crippen LogP contribution >= 0.6 is 0 Å². The van der Waals surface area contributed by atoms with Gasteiger partial charge >= 0.3 is 6.03 Å². The minimum Gasteiger partial charge on any atom is -0.322 e. The maximum absolute atomic E-state index is 12.0. The van der Waals surface area contributed by atoms with Crippen molar-refractivity contribution in [3.63, 3.8) is 0 Å². The third-order valence-electron chi connectivity index (χ3n) is 3.59. The van der Waals surface area contributed by atoms with Crippen molar-refractivity contribution in [2.24, 2.45) is 0 Å². The summed E-state index contributed by atoms with van der Waals surface area (Å²) >= 11 is 0. The van der Waals surface area contributed by atoms with Gasteiger partial charge in [0.1, 0.15) is 0 Å². The Labute approximate surface area is 115 Å². The number of nitrogens with one attached hydrogen (secondary N) is 1. The lowest BCUT2D eigenvalue weighted by molar-refractivity contribution is 0.161. The van der Waals surface area contributed by atoms with E-state index in [1.54, 1.807) is 6.20 Å². The molecule has 102 valence electrons. The Morgan fingerprint density at radius 2 is 2.26 bits per heavy atom. The molecule has 1 atom stereocenters. The molecule has 2 amide bonds. The standard InChI is InChI=1S/C16H22N2O/c1-13-6-5-8-15(12-13)9-10-17-16(19)18-11-4-3-7-14(18)2/h5-6,8-10,12,14H,3-4,7,11H2,1-2H3,(H,17,19)/b10-9+. The van der Waals surface area contributed by atoms with Crippen molar-refractivity contribution in [3.05, 3.63) is 41.6 Å². The highest BCUT2D eigenvalue weighted by atomic mass is 16.2. The number of piperidine rings is 1. The summed E-state index contributed by atoms with van der Waals surface area (Å²) < 4.78 is 0. The van der Waals surface area contributed by atoms with Crippen LogP contribution in [0.3, 0.4) is 0 Å². The zero-order valence-electron chi connectivity index (χ0n) is 11.7. The van der Waals surface area contributed by atoms with E-state index in [9.17, 15) is 4.79 Å². The smallest absolute Gasteiger partial charge is 0.321 e. The number of aryl methyl sites for hydroxylation is 1. The summed E-state index contributed by atoms with van der Waals surface area (Å²) in [6, 6.07) is 8.55. The Morgan fingerprint density at radius 1 is 1.42 bits per heavy atom. The average molecular weight is 258 g/mol. The van der Waals surface area contributed by atoms with Gasteiger partial charge in [0.2, 0.25) is 0 Å². The first kappa shape index (κ1) is 13.7. The number of carbonyl (C=O) groups excluding carboxylic acids is 1. The van der Waals surface area contributed by atoms with E-state index in [-0.39, 0.29) is 6.03 Å². The molecule has 0 aromatic heterocycles. The van der Waals surface area contributed by atoms with Gasteiger partial charge in [-0.15, -0.1) is 0 Å². The zero-order chi connectivity index (χ0) is 13.7. The SMILES string of the molecule is Cc1cccc(/C=C/NC(=O)N2CCCCC2C)c1. The number of nitrogens with zero attached hydrogens (tertiary/aromatic N) is 1. The maximum atomic E-state index is 12.0. The summed E-state index contributed by atoms with van der Waals surface area (Å²) in [7, 11) is 0. The number of likely N-dealkylation sites (tertiary alicyclic amines) is 1. The van der Waals surface area contributed by atoms with E-state index in [0.717, 1.165) is 24.9 Å². The molecular formula is C16H22N2O. The van der Waals surface area contributed by atoms with Crippen LogP contribution in [-0.2, 0) is 0 Å². The molecular weight excluding hydrogens is 236 g/mol. The van der Waals surface area contributed by atoms with Gasteiger partial charge in [-0.3, -0.25) is 0 Å². The normalized spacial score (nSPS) is 19.7. The quantitative estimate of drug-likeness (QED) is 0.864. The molecule has 2 rings (SSSR count). The summed E-state index contributed by atoms with van der Waals surface area (Å²) in [5.41, 5.74) is 2.32. The van der Waals surface area contributed by atoms with Crippen LogP contribution in [0.15, 0.2) is 30.5 Å². The molecule has 1 aliphatic heterocycles. The molecule has 3 heteroatoms. The van der Waals surface area contributed by atoms with E-state index in [1.165, 1.54) is 12.0 Å². The average Bonchev–Trinajstić information content (AvgIpc) is 2.39. The highest BCUT2D eigenvalue weighted by Gasteiger charge is 2.22. The first-order valence-corrected chi connectivity index (χ1v) is 6.97. The van der Waals surface area contributed by atoms with Crippen molar-refractivity contribution >= 4 is 12.1 Å². The van der Waals surface area contributed by atoms with Gasteiger partial charge in [-0.25, -0.2) is 4.79 Å². The molecule has 1 aromatic rings. The van der Waals surface area contributed by atoms with E-state index in [0.29, 0.717) is 6.04 Å². The van der Waals surface area contributed by atoms with E-state index < -0.39 is 0 Å². The van der Waals surface area contributed by atoms with Crippen molar-refractivity contribution in [3.8, 4) is 0 Å². The molecule has 3 nitrogen and oxygen atoms in total. The van der Waals surface area contributed by atoms with Crippen LogP contribution in [-0.4, -0.2) is 23.5 Å². The van der Waals surface area contributed by atoms with Crippen LogP contribution in [0.25, 0.3) is 6.08 Å². The number of hydrogen-bond acceptors (Lipinski definition) is 1. The minimum absolute atomic E-state index is 0.0103. The monoisotopic (exact) mass is 258 g/mol. The number of hydrogen-bond donors (Lipinski definition) is 1. The van der Waals surface area contributed by atoms with Gasteiger partial charge in [-0.1, -0.05) is 29.8 Å². The molecule has 1 fully saturated rings. The predicted molar refractivity (Wildman–Crippen MR) is 78.8 cm³/mol. The lowest BCUT2D eigenvalue weighted by atomic mass is 10.0. The lowest BCUT2D eigenvalue weighted by Crippen LogP contribution is -2.46. The molecule has 1 aromatic carbocycles. The fourth-order valence-electron chi connectivity index (χ4n) is 2.47. The van der Waals surface area contributed by atoms with E-state index >= 15 is 0 Å². The molecule has 0 saturated carbocycles. The summed E-state index contributed by atoms with van der Waals surface area (Å²) in [4.78, 5) is 13.9. The number of benzene rings is 1. The van der Waals surface area contributed by atoms with Gasteiger partial charge in [0.25, 0.3) is 0 Å². The van der Waals surface area contributed by atoms with Gasteiger partial charge in [0, 0.05) is 18.8 Å². The van der Waals surface area contributed by atoms with Crippen molar-refractivity contribution in [1.29, 1.82) is 0 Å². The maximum Gasteiger partial charge on any atom is 0.321 e. The zero-order valence-corrected chi connectivity index (χ0v) is 11.7. The van der Waals surface area contributed by atoms with Crippen LogP contribution < -0.4 is 5.32 Å². The summed E-state index contributed by atoms with van der Waals surface area (Å²) in [6.07, 6.45) is 7.11. The van der Waals surface area contributed by atoms with Gasteiger partial charge in [-0.2, -0.15) is 0 Å². The first-order valence-electron chi connectivity index (χ1n) is 6.97. The van der Waals surface area contributed by atoms with Crippen molar-refractivity contribution in [1.82, 2.24) is 10.2 Å². The Morgan fingerprint density at radius 3 is 3.00 bits per heavy atom. The predicted octanol–water partition coefficient (Wildman–Crippen LogP) is 3.55. The van der Waals surface area contributed by atoms with Crippen molar-refractivity contribution in [2.45, 2.75) is 39.2 Å². The highest BCUT2D eigenvalue weighted by molar-refractivity contribution is 5.76. The Balaban J connectivity index is 1.89. The van der Waals surface area contributed by atoms with Gasteiger partial charge in [-0.05, 0) is 44.7 Å². The second kappa shape index (κ2) is 6.41. The summed E-state index contributed by atoms with van der Waals surface area (Å²) in [5, 5.41) is 2.86. The number of rotatable bonds is 2. The summed E-state index contributed by atoms with van der Waals surface area (Å²) in [5.74, 6) is 0. The van der Waals surface area contributed by atoms with Crippen LogP contribution in [0.5, 0.6) is 0 Å². The number of urea groups is 1. The fourth-order valence-corrected chi connectivity index (χ4v) is 2.47. The largest absolute Gasteiger partial charge is 0.322 e. The molecule has 0 spiro atoms. The number of carbonyl (C=O) groups is 1. The molecule has 1 aliphatic rings. The second-order valence-corrected chi connectivity index (χ2v) is 5.24. The molecule has 1 unspecified atom stereocenters. The molecule has 19 heavy (non-hydrogen) atoms. The van der Waals surface area contributed by atoms with Crippen LogP contribution in [0.2, 0.25) is 0 Å². The Kier molecular flexibility index (Phi) is 4.61. The molecule has 1 heterocycles. The number of amides is 2. The third kappa shape index (κ3) is 3.85. The molecule has 0 radical (unpaired) electrons. The lowest BCUT2D eigenvalue weighted by Gasteiger charge is -2.32. The molecule has 0 aliphatic carbocycles. The molecule has 1 N–H and O–H groups in total. The third-order valence-corrected chi connectivity index (χ3v) is 3.59. The first-order chi connectivity index (χ1) is 9.16. The van der Waals surface area contributed by atoms with Crippen molar-refractivity contribution in [2.75, 3.05) is 6.54 Å².